The molecule has 1 aromatic heterocycles. The quantitative estimate of drug-likeness (QED) is 0.700. The molecular weight excluding hydrogens is 340 g/mol. The SMILES string of the molecule is CCCN(CC1CC1)C(=O)c1c(OCC2CC2)cc(=O)n2c1CCCCC2. The number of hydrogen-bond acceptors (Lipinski definition) is 3. The summed E-state index contributed by atoms with van der Waals surface area (Å²) >= 11 is 0. The van der Waals surface area contributed by atoms with Gasteiger partial charge in [-0.1, -0.05) is 13.3 Å². The zero-order valence-electron chi connectivity index (χ0n) is 16.5. The van der Waals surface area contributed by atoms with Gasteiger partial charge in [-0.2, -0.15) is 0 Å². The van der Waals surface area contributed by atoms with Crippen molar-refractivity contribution in [3.8, 4) is 5.75 Å². The second-order valence-corrected chi connectivity index (χ2v) is 8.58. The monoisotopic (exact) mass is 372 g/mol. The van der Waals surface area contributed by atoms with Gasteiger partial charge in [-0.3, -0.25) is 9.59 Å². The van der Waals surface area contributed by atoms with Gasteiger partial charge in [-0.15, -0.1) is 0 Å². The highest BCUT2D eigenvalue weighted by molar-refractivity contribution is 5.98. The van der Waals surface area contributed by atoms with E-state index in [9.17, 15) is 9.59 Å². The topological polar surface area (TPSA) is 51.5 Å². The van der Waals surface area contributed by atoms with E-state index in [1.54, 1.807) is 6.07 Å². The Morgan fingerprint density at radius 1 is 1.19 bits per heavy atom. The Labute approximate surface area is 161 Å². The second-order valence-electron chi connectivity index (χ2n) is 8.58. The predicted octanol–water partition coefficient (Wildman–Crippen LogP) is 3.63. The summed E-state index contributed by atoms with van der Waals surface area (Å²) in [6, 6.07) is 1.58. The molecule has 0 N–H and O–H groups in total. The van der Waals surface area contributed by atoms with Crippen LogP contribution in [0.25, 0.3) is 0 Å². The Kier molecular flexibility index (Phi) is 5.55. The van der Waals surface area contributed by atoms with Crippen LogP contribution in [-0.4, -0.2) is 35.1 Å². The highest BCUT2D eigenvalue weighted by Crippen LogP contribution is 2.34. The Morgan fingerprint density at radius 3 is 2.67 bits per heavy atom. The molecule has 2 fully saturated rings. The normalized spacial score (nSPS) is 19.3. The van der Waals surface area contributed by atoms with E-state index < -0.39 is 0 Å². The Hall–Kier alpha value is -1.78. The van der Waals surface area contributed by atoms with Crippen molar-refractivity contribution >= 4 is 5.91 Å². The standard InChI is InChI=1S/C22H32N2O3/c1-2-11-23(14-16-7-8-16)22(26)21-18-6-4-3-5-12-24(18)20(25)13-19(21)27-15-17-9-10-17/h13,16-17H,2-12,14-15H2,1H3. The third-order valence-corrected chi connectivity index (χ3v) is 6.02. The van der Waals surface area contributed by atoms with Crippen LogP contribution in [0, 0.1) is 11.8 Å². The average Bonchev–Trinajstić information content (AvgIpc) is 3.54. The van der Waals surface area contributed by atoms with E-state index in [0.717, 1.165) is 50.9 Å². The number of hydrogen-bond donors (Lipinski definition) is 0. The number of fused-ring (bicyclic) bond motifs is 1. The number of pyridine rings is 1. The molecule has 3 aliphatic rings. The molecular formula is C22H32N2O3. The molecule has 27 heavy (non-hydrogen) atoms. The van der Waals surface area contributed by atoms with Crippen molar-refractivity contribution in [3.05, 3.63) is 27.7 Å². The third kappa shape index (κ3) is 4.39. The van der Waals surface area contributed by atoms with Gasteiger partial charge in [0.25, 0.3) is 11.5 Å². The predicted molar refractivity (Wildman–Crippen MR) is 105 cm³/mol. The minimum atomic E-state index is -0.0153. The van der Waals surface area contributed by atoms with Crippen molar-refractivity contribution in [2.24, 2.45) is 11.8 Å². The smallest absolute Gasteiger partial charge is 0.259 e. The van der Waals surface area contributed by atoms with E-state index in [1.165, 1.54) is 25.7 Å². The van der Waals surface area contributed by atoms with Crippen molar-refractivity contribution in [2.75, 3.05) is 19.7 Å². The highest BCUT2D eigenvalue weighted by atomic mass is 16.5. The Balaban J connectivity index is 1.71. The molecule has 0 unspecified atom stereocenters. The molecule has 5 heteroatoms. The van der Waals surface area contributed by atoms with E-state index in [2.05, 4.69) is 6.92 Å². The molecule has 1 amide bonds. The van der Waals surface area contributed by atoms with Gasteiger partial charge in [0.1, 0.15) is 11.3 Å². The van der Waals surface area contributed by atoms with Gasteiger partial charge < -0.3 is 14.2 Å². The van der Waals surface area contributed by atoms with Crippen LogP contribution in [0.5, 0.6) is 5.75 Å². The highest BCUT2D eigenvalue weighted by Gasteiger charge is 2.32. The van der Waals surface area contributed by atoms with E-state index >= 15 is 0 Å². The fourth-order valence-electron chi connectivity index (χ4n) is 4.07. The molecule has 148 valence electrons. The first-order valence-corrected chi connectivity index (χ1v) is 10.9. The van der Waals surface area contributed by atoms with Crippen LogP contribution in [-0.2, 0) is 13.0 Å². The molecule has 1 aliphatic heterocycles. The maximum Gasteiger partial charge on any atom is 0.259 e. The summed E-state index contributed by atoms with van der Waals surface area (Å²) in [6.07, 6.45) is 9.72. The van der Waals surface area contributed by atoms with Crippen LogP contribution in [0.2, 0.25) is 0 Å². The van der Waals surface area contributed by atoms with E-state index in [0.29, 0.717) is 36.3 Å². The summed E-state index contributed by atoms with van der Waals surface area (Å²) in [4.78, 5) is 28.3. The third-order valence-electron chi connectivity index (χ3n) is 6.02. The molecule has 2 aliphatic carbocycles. The van der Waals surface area contributed by atoms with Crippen LogP contribution in [0.4, 0.5) is 0 Å². The fourth-order valence-corrected chi connectivity index (χ4v) is 4.07. The molecule has 5 nitrogen and oxygen atoms in total. The Morgan fingerprint density at radius 2 is 1.96 bits per heavy atom. The van der Waals surface area contributed by atoms with Gasteiger partial charge in [0, 0.05) is 31.4 Å². The van der Waals surface area contributed by atoms with Crippen molar-refractivity contribution in [1.29, 1.82) is 0 Å². The summed E-state index contributed by atoms with van der Waals surface area (Å²) < 4.78 is 7.90. The number of rotatable bonds is 8. The molecule has 0 bridgehead atoms. The van der Waals surface area contributed by atoms with Gasteiger partial charge in [-0.25, -0.2) is 0 Å². The largest absolute Gasteiger partial charge is 0.492 e. The summed E-state index contributed by atoms with van der Waals surface area (Å²) in [5, 5.41) is 0. The average molecular weight is 373 g/mol. The molecule has 0 saturated heterocycles. The number of aromatic nitrogens is 1. The first-order valence-electron chi connectivity index (χ1n) is 10.9. The number of ether oxygens (including phenoxy) is 1. The lowest BCUT2D eigenvalue weighted by molar-refractivity contribution is 0.0740. The summed E-state index contributed by atoms with van der Waals surface area (Å²) in [6.45, 7) is 5.07. The van der Waals surface area contributed by atoms with E-state index in [4.69, 9.17) is 4.74 Å². The molecule has 0 atom stereocenters. The lowest BCUT2D eigenvalue weighted by atomic mass is 10.1. The number of carbonyl (C=O) groups is 1. The second kappa shape index (κ2) is 8.07. The van der Waals surface area contributed by atoms with Crippen LogP contribution in [0.3, 0.4) is 0 Å². The molecule has 0 radical (unpaired) electrons. The zero-order valence-corrected chi connectivity index (χ0v) is 16.5. The van der Waals surface area contributed by atoms with Gasteiger partial charge in [-0.05, 0) is 63.2 Å². The molecule has 4 rings (SSSR count). The van der Waals surface area contributed by atoms with Crippen molar-refractivity contribution in [2.45, 2.75) is 71.3 Å². The Bertz CT molecular complexity index is 747. The van der Waals surface area contributed by atoms with Crippen molar-refractivity contribution in [3.63, 3.8) is 0 Å². The van der Waals surface area contributed by atoms with Gasteiger partial charge in [0.05, 0.1) is 6.61 Å². The zero-order chi connectivity index (χ0) is 18.8. The molecule has 0 spiro atoms. The number of amides is 1. The molecule has 2 heterocycles. The summed E-state index contributed by atoms with van der Waals surface area (Å²) in [7, 11) is 0. The van der Waals surface area contributed by atoms with Crippen LogP contribution in [0.1, 0.15) is 74.3 Å². The lowest BCUT2D eigenvalue weighted by Gasteiger charge is -2.26. The van der Waals surface area contributed by atoms with Gasteiger partial charge in [0.2, 0.25) is 0 Å². The molecule has 0 aromatic carbocycles. The first-order chi connectivity index (χ1) is 13.2. The van der Waals surface area contributed by atoms with Crippen molar-refractivity contribution in [1.82, 2.24) is 9.47 Å². The number of carbonyl (C=O) groups excluding carboxylic acids is 1. The minimum absolute atomic E-state index is 0.0153. The van der Waals surface area contributed by atoms with Crippen LogP contribution < -0.4 is 10.3 Å². The number of nitrogens with zero attached hydrogens (tertiary/aromatic N) is 2. The summed E-state index contributed by atoms with van der Waals surface area (Å²) in [5.41, 5.74) is 1.57. The van der Waals surface area contributed by atoms with Crippen LogP contribution in [0.15, 0.2) is 10.9 Å². The van der Waals surface area contributed by atoms with Crippen LogP contribution >= 0.6 is 0 Å². The lowest BCUT2D eigenvalue weighted by Crippen LogP contribution is -2.36. The van der Waals surface area contributed by atoms with E-state index in [-0.39, 0.29) is 11.5 Å². The maximum absolute atomic E-state index is 13.6. The fraction of sp³-hybridized carbons (Fsp3) is 0.727. The molecule has 2 saturated carbocycles. The van der Waals surface area contributed by atoms with E-state index in [1.807, 2.05) is 9.47 Å². The van der Waals surface area contributed by atoms with Crippen molar-refractivity contribution < 1.29 is 9.53 Å². The van der Waals surface area contributed by atoms with Gasteiger partial charge >= 0.3 is 0 Å². The summed E-state index contributed by atoms with van der Waals surface area (Å²) in [5.74, 6) is 1.84. The van der Waals surface area contributed by atoms with Gasteiger partial charge in [0.15, 0.2) is 0 Å². The first kappa shape index (κ1) is 18.6. The minimum Gasteiger partial charge on any atom is -0.492 e. The molecule has 1 aromatic rings. The maximum atomic E-state index is 13.6.